The molecule has 2 N–H and O–H groups in total. The van der Waals surface area contributed by atoms with Gasteiger partial charge in [0, 0.05) is 6.04 Å². The Labute approximate surface area is 136 Å². The number of thiophene rings is 1. The van der Waals surface area contributed by atoms with Crippen molar-refractivity contribution in [1.29, 1.82) is 0 Å². The number of carboxylic acids is 1. The molecule has 1 aliphatic carbocycles. The molecule has 0 aliphatic heterocycles. The molecule has 2 unspecified atom stereocenters. The monoisotopic (exact) mass is 395 g/mol. The molecule has 2 atom stereocenters. The summed E-state index contributed by atoms with van der Waals surface area (Å²) >= 11 is 4.46. The summed E-state index contributed by atoms with van der Waals surface area (Å²) in [7, 11) is -3.67. The van der Waals surface area contributed by atoms with Crippen molar-refractivity contribution in [2.45, 2.75) is 49.3 Å². The first kappa shape index (κ1) is 16.9. The molecule has 1 aromatic heterocycles. The van der Waals surface area contributed by atoms with E-state index in [4.69, 9.17) is 0 Å². The second-order valence-electron chi connectivity index (χ2n) is 5.33. The molecule has 2 rings (SSSR count). The molecule has 1 aromatic rings. The topological polar surface area (TPSA) is 83.5 Å². The van der Waals surface area contributed by atoms with E-state index >= 15 is 0 Å². The minimum atomic E-state index is -3.67. The number of carboxylic acid groups (broad SMARTS) is 1. The summed E-state index contributed by atoms with van der Waals surface area (Å²) in [6.45, 7) is 1.82. The van der Waals surface area contributed by atoms with E-state index < -0.39 is 28.0 Å². The van der Waals surface area contributed by atoms with Crippen LogP contribution in [-0.2, 0) is 14.8 Å². The van der Waals surface area contributed by atoms with E-state index in [1.165, 1.54) is 0 Å². The number of hydrogen-bond donors (Lipinski definition) is 2. The van der Waals surface area contributed by atoms with Crippen LogP contribution in [0.5, 0.6) is 0 Å². The molecular formula is C13H18BrNO4S2. The van der Waals surface area contributed by atoms with Crippen LogP contribution >= 0.6 is 27.3 Å². The van der Waals surface area contributed by atoms with Crippen LogP contribution in [0, 0.1) is 12.8 Å². The van der Waals surface area contributed by atoms with Crippen molar-refractivity contribution < 1.29 is 18.3 Å². The Morgan fingerprint density at radius 1 is 1.38 bits per heavy atom. The lowest BCUT2D eigenvalue weighted by Crippen LogP contribution is -2.42. The average Bonchev–Trinajstić information content (AvgIpc) is 2.62. The van der Waals surface area contributed by atoms with Crippen molar-refractivity contribution in [3.05, 3.63) is 15.4 Å². The lowest BCUT2D eigenvalue weighted by Gasteiger charge is -2.22. The molecule has 0 saturated heterocycles. The van der Waals surface area contributed by atoms with Gasteiger partial charge in [-0.2, -0.15) is 0 Å². The van der Waals surface area contributed by atoms with E-state index in [2.05, 4.69) is 20.7 Å². The third-order valence-corrected chi connectivity index (χ3v) is 7.84. The molecule has 1 aliphatic rings. The molecule has 0 aromatic carbocycles. The van der Waals surface area contributed by atoms with Crippen LogP contribution in [0.25, 0.3) is 0 Å². The first-order valence-corrected chi connectivity index (χ1v) is 9.91. The normalized spacial score (nSPS) is 23.7. The number of aliphatic carboxylic acids is 1. The van der Waals surface area contributed by atoms with Crippen molar-refractivity contribution in [3.8, 4) is 0 Å². The van der Waals surface area contributed by atoms with Crippen LogP contribution in [0.4, 0.5) is 0 Å². The van der Waals surface area contributed by atoms with Gasteiger partial charge >= 0.3 is 5.97 Å². The zero-order valence-corrected chi connectivity index (χ0v) is 14.9. The Bertz CT molecular complexity index is 607. The van der Waals surface area contributed by atoms with Crippen LogP contribution in [0.2, 0.25) is 0 Å². The van der Waals surface area contributed by atoms with Gasteiger partial charge in [-0.1, -0.05) is 19.3 Å². The maximum Gasteiger partial charge on any atom is 0.308 e. The van der Waals surface area contributed by atoms with E-state index in [0.29, 0.717) is 12.8 Å². The van der Waals surface area contributed by atoms with Crippen molar-refractivity contribution in [1.82, 2.24) is 4.72 Å². The molecule has 118 valence electrons. The second kappa shape index (κ2) is 6.76. The Hall–Kier alpha value is -0.440. The minimum Gasteiger partial charge on any atom is -0.481 e. The summed E-state index contributed by atoms with van der Waals surface area (Å²) < 4.78 is 28.5. The second-order valence-corrected chi connectivity index (χ2v) is 9.64. The van der Waals surface area contributed by atoms with Gasteiger partial charge in [0.05, 0.1) is 9.70 Å². The highest BCUT2D eigenvalue weighted by molar-refractivity contribution is 9.11. The molecule has 1 heterocycles. The first-order chi connectivity index (χ1) is 9.81. The molecule has 0 bridgehead atoms. The van der Waals surface area contributed by atoms with Gasteiger partial charge in [-0.05, 0) is 47.3 Å². The number of rotatable bonds is 4. The quantitative estimate of drug-likeness (QED) is 0.766. The summed E-state index contributed by atoms with van der Waals surface area (Å²) in [6.07, 6.45) is 3.73. The Morgan fingerprint density at radius 2 is 2.05 bits per heavy atom. The van der Waals surface area contributed by atoms with E-state index in [9.17, 15) is 18.3 Å². The summed E-state index contributed by atoms with van der Waals surface area (Å²) in [5.74, 6) is -1.57. The SMILES string of the molecule is Cc1cc(S(=O)(=O)NC2CCCCCC2C(=O)O)sc1Br. The lowest BCUT2D eigenvalue weighted by atomic mass is 9.96. The van der Waals surface area contributed by atoms with Crippen molar-refractivity contribution in [3.63, 3.8) is 0 Å². The maximum atomic E-state index is 12.4. The molecule has 1 saturated carbocycles. The maximum absolute atomic E-state index is 12.4. The van der Waals surface area contributed by atoms with Crippen LogP contribution in [0.15, 0.2) is 14.1 Å². The van der Waals surface area contributed by atoms with Crippen molar-refractivity contribution in [2.75, 3.05) is 0 Å². The van der Waals surface area contributed by atoms with Gasteiger partial charge in [-0.3, -0.25) is 4.79 Å². The van der Waals surface area contributed by atoms with E-state index in [1.807, 2.05) is 6.92 Å². The number of halogens is 1. The van der Waals surface area contributed by atoms with Crippen LogP contribution in [0.3, 0.4) is 0 Å². The highest BCUT2D eigenvalue weighted by Crippen LogP contribution is 2.32. The number of sulfonamides is 1. The third-order valence-electron chi connectivity index (χ3n) is 3.74. The Balaban J connectivity index is 2.22. The standard InChI is InChI=1S/C13H18BrNO4S2/c1-8-7-11(20-12(8)14)21(18,19)15-10-6-4-2-3-5-9(10)13(16)17/h7,9-10,15H,2-6H2,1H3,(H,16,17). The molecule has 21 heavy (non-hydrogen) atoms. The van der Waals surface area contributed by atoms with Crippen LogP contribution in [0.1, 0.15) is 37.7 Å². The summed E-state index contributed by atoms with van der Waals surface area (Å²) in [4.78, 5) is 11.4. The number of aryl methyl sites for hydroxylation is 1. The minimum absolute atomic E-state index is 0.222. The van der Waals surface area contributed by atoms with Gasteiger partial charge < -0.3 is 5.11 Å². The summed E-state index contributed by atoms with van der Waals surface area (Å²) in [5.41, 5.74) is 0.857. The fourth-order valence-electron chi connectivity index (χ4n) is 2.57. The van der Waals surface area contributed by atoms with E-state index in [-0.39, 0.29) is 4.21 Å². The van der Waals surface area contributed by atoms with Gasteiger partial charge in [-0.25, -0.2) is 13.1 Å². The lowest BCUT2D eigenvalue weighted by molar-refractivity contribution is -0.142. The predicted molar refractivity (Wildman–Crippen MR) is 85.1 cm³/mol. The highest BCUT2D eigenvalue weighted by Gasteiger charge is 2.33. The average molecular weight is 396 g/mol. The van der Waals surface area contributed by atoms with Crippen LogP contribution in [-0.4, -0.2) is 25.5 Å². The molecule has 0 amide bonds. The molecule has 8 heteroatoms. The van der Waals surface area contributed by atoms with Gasteiger partial charge in [0.15, 0.2) is 0 Å². The highest BCUT2D eigenvalue weighted by atomic mass is 79.9. The first-order valence-electron chi connectivity index (χ1n) is 6.82. The van der Waals surface area contributed by atoms with Gasteiger partial charge in [-0.15, -0.1) is 11.3 Å². The smallest absolute Gasteiger partial charge is 0.308 e. The molecule has 0 radical (unpaired) electrons. The zero-order chi connectivity index (χ0) is 15.6. The largest absolute Gasteiger partial charge is 0.481 e. The predicted octanol–water partition coefficient (Wildman–Crippen LogP) is 3.13. The zero-order valence-electron chi connectivity index (χ0n) is 11.6. The Kier molecular flexibility index (Phi) is 5.45. The molecule has 5 nitrogen and oxygen atoms in total. The van der Waals surface area contributed by atoms with Crippen molar-refractivity contribution >= 4 is 43.3 Å². The van der Waals surface area contributed by atoms with E-state index in [0.717, 1.165) is 39.9 Å². The molecule has 0 spiro atoms. The number of nitrogens with one attached hydrogen (secondary N) is 1. The molecule has 1 fully saturated rings. The summed E-state index contributed by atoms with van der Waals surface area (Å²) in [5, 5.41) is 9.31. The van der Waals surface area contributed by atoms with Gasteiger partial charge in [0.2, 0.25) is 10.0 Å². The van der Waals surface area contributed by atoms with Crippen molar-refractivity contribution in [2.24, 2.45) is 5.92 Å². The van der Waals surface area contributed by atoms with E-state index in [1.54, 1.807) is 6.07 Å². The fourth-order valence-corrected chi connectivity index (χ4v) is 6.12. The van der Waals surface area contributed by atoms with Crippen LogP contribution < -0.4 is 4.72 Å². The third kappa shape index (κ3) is 4.06. The Morgan fingerprint density at radius 3 is 2.62 bits per heavy atom. The number of carbonyl (C=O) groups is 1. The van der Waals surface area contributed by atoms with Gasteiger partial charge in [0.25, 0.3) is 0 Å². The fraction of sp³-hybridized carbons (Fsp3) is 0.615. The number of hydrogen-bond acceptors (Lipinski definition) is 4. The molecular weight excluding hydrogens is 378 g/mol. The summed E-state index contributed by atoms with van der Waals surface area (Å²) in [6, 6.07) is 1.07. The van der Waals surface area contributed by atoms with Gasteiger partial charge in [0.1, 0.15) is 4.21 Å².